The molecule has 4 aliphatic rings. The molecule has 4 atom stereocenters. The third-order valence-electron chi connectivity index (χ3n) is 7.49. The number of carbonyl (C=O) groups excluding carboxylic acids is 2. The quantitative estimate of drug-likeness (QED) is 0.834. The van der Waals surface area contributed by atoms with Gasteiger partial charge in [0.25, 0.3) is 0 Å². The highest BCUT2D eigenvalue weighted by Gasteiger charge is 2.49. The molecule has 2 bridgehead atoms. The minimum absolute atomic E-state index is 0.159. The molecule has 3 saturated heterocycles. The van der Waals surface area contributed by atoms with Gasteiger partial charge in [0.2, 0.25) is 11.8 Å². The van der Waals surface area contributed by atoms with Gasteiger partial charge in [-0.25, -0.2) is 0 Å². The Hall–Kier alpha value is -1.88. The van der Waals surface area contributed by atoms with Crippen LogP contribution in [-0.2, 0) is 16.1 Å². The summed E-state index contributed by atoms with van der Waals surface area (Å²) in [6.45, 7) is 5.87. The summed E-state index contributed by atoms with van der Waals surface area (Å²) >= 11 is 0. The Morgan fingerprint density at radius 3 is 2.79 bits per heavy atom. The van der Waals surface area contributed by atoms with Gasteiger partial charge in [-0.15, -0.1) is 0 Å². The zero-order valence-corrected chi connectivity index (χ0v) is 17.5. The number of aryl methyl sites for hydroxylation is 1. The first-order valence-corrected chi connectivity index (χ1v) is 11.5. The van der Waals surface area contributed by atoms with Crippen LogP contribution in [-0.4, -0.2) is 53.3 Å². The van der Waals surface area contributed by atoms with Crippen molar-refractivity contribution in [2.75, 3.05) is 19.6 Å². The second-order valence-electron chi connectivity index (χ2n) is 9.79. The average Bonchev–Trinajstić information content (AvgIpc) is 3.53. The molecule has 1 aromatic carbocycles. The summed E-state index contributed by atoms with van der Waals surface area (Å²) in [4.78, 5) is 30.0. The minimum atomic E-state index is 0.159. The predicted octanol–water partition coefficient (Wildman–Crippen LogP) is 2.72. The highest BCUT2D eigenvalue weighted by molar-refractivity contribution is 5.81. The second kappa shape index (κ2) is 7.75. The lowest BCUT2D eigenvalue weighted by Gasteiger charge is -2.56. The number of hydrogen-bond donors (Lipinski definition) is 1. The number of carbonyl (C=O) groups is 2. The fourth-order valence-corrected chi connectivity index (χ4v) is 6.03. The molecule has 5 heteroatoms. The molecule has 0 radical (unpaired) electrons. The number of likely N-dealkylation sites (tertiary alicyclic amines) is 1. The van der Waals surface area contributed by atoms with Crippen molar-refractivity contribution >= 4 is 11.8 Å². The maximum absolute atomic E-state index is 12.9. The fourth-order valence-electron chi connectivity index (χ4n) is 6.03. The monoisotopic (exact) mass is 395 g/mol. The Labute approximate surface area is 173 Å². The molecule has 5 nitrogen and oxygen atoms in total. The van der Waals surface area contributed by atoms with Crippen LogP contribution in [0.2, 0.25) is 0 Å². The number of amides is 2. The topological polar surface area (TPSA) is 52.7 Å². The van der Waals surface area contributed by atoms with Crippen molar-refractivity contribution in [1.29, 1.82) is 0 Å². The predicted molar refractivity (Wildman–Crippen MR) is 112 cm³/mol. The van der Waals surface area contributed by atoms with Crippen LogP contribution in [0.3, 0.4) is 0 Å². The van der Waals surface area contributed by atoms with Crippen molar-refractivity contribution < 1.29 is 9.59 Å². The lowest BCUT2D eigenvalue weighted by Crippen LogP contribution is -2.67. The highest BCUT2D eigenvalue weighted by atomic mass is 16.2. The molecular weight excluding hydrogens is 362 g/mol. The van der Waals surface area contributed by atoms with Gasteiger partial charge in [0.1, 0.15) is 0 Å². The molecule has 1 saturated carbocycles. The molecule has 3 heterocycles. The fraction of sp³-hybridized carbons (Fsp3) is 0.667. The van der Waals surface area contributed by atoms with Crippen LogP contribution in [0.25, 0.3) is 0 Å². The number of fused-ring (bicyclic) bond motifs is 4. The van der Waals surface area contributed by atoms with Crippen LogP contribution < -0.4 is 5.32 Å². The van der Waals surface area contributed by atoms with Crippen molar-refractivity contribution in [2.24, 2.45) is 17.8 Å². The summed E-state index contributed by atoms with van der Waals surface area (Å²) in [6, 6.07) is 9.32. The summed E-state index contributed by atoms with van der Waals surface area (Å²) in [6.07, 6.45) is 6.06. The van der Waals surface area contributed by atoms with E-state index in [0.29, 0.717) is 36.8 Å². The molecule has 0 spiro atoms. The average molecular weight is 396 g/mol. The van der Waals surface area contributed by atoms with Gasteiger partial charge in [-0.05, 0) is 56.4 Å². The number of nitrogens with one attached hydrogen (secondary N) is 1. The van der Waals surface area contributed by atoms with Gasteiger partial charge in [-0.3, -0.25) is 14.5 Å². The summed E-state index contributed by atoms with van der Waals surface area (Å²) in [7, 11) is 0. The molecule has 29 heavy (non-hydrogen) atoms. The number of rotatable bonds is 5. The minimum Gasteiger partial charge on any atom is -0.354 e. The Bertz CT molecular complexity index is 790. The lowest BCUT2D eigenvalue weighted by molar-refractivity contribution is -0.153. The molecule has 1 N–H and O–H groups in total. The van der Waals surface area contributed by atoms with Crippen LogP contribution in [0.1, 0.15) is 49.7 Å². The summed E-state index contributed by atoms with van der Waals surface area (Å²) < 4.78 is 0. The van der Waals surface area contributed by atoms with E-state index in [-0.39, 0.29) is 17.9 Å². The van der Waals surface area contributed by atoms with Crippen molar-refractivity contribution in [2.45, 2.75) is 64.1 Å². The SMILES string of the molecule is Cc1cccc(CN2C[C@H]3C[C@@H](C2)[C@H](CNC(=O)C2CC2)N2C(=O)CCC[C@@H]32)c1. The number of benzene rings is 1. The van der Waals surface area contributed by atoms with Gasteiger partial charge in [0, 0.05) is 44.6 Å². The Kier molecular flexibility index (Phi) is 5.10. The number of piperidine rings is 3. The molecule has 1 aromatic rings. The molecule has 0 unspecified atom stereocenters. The van der Waals surface area contributed by atoms with E-state index in [9.17, 15) is 9.59 Å². The van der Waals surface area contributed by atoms with Crippen LogP contribution in [0.15, 0.2) is 24.3 Å². The van der Waals surface area contributed by atoms with Crippen LogP contribution in [0.4, 0.5) is 0 Å². The van der Waals surface area contributed by atoms with Gasteiger partial charge >= 0.3 is 0 Å². The number of nitrogens with zero attached hydrogens (tertiary/aromatic N) is 2. The molecule has 3 aliphatic heterocycles. The van der Waals surface area contributed by atoms with Crippen molar-refractivity contribution in [3.05, 3.63) is 35.4 Å². The van der Waals surface area contributed by atoms with E-state index in [2.05, 4.69) is 46.3 Å². The van der Waals surface area contributed by atoms with E-state index in [4.69, 9.17) is 0 Å². The van der Waals surface area contributed by atoms with Gasteiger partial charge in [0.05, 0.1) is 6.04 Å². The molecular formula is C24H33N3O2. The summed E-state index contributed by atoms with van der Waals surface area (Å²) in [5.41, 5.74) is 2.68. The van der Waals surface area contributed by atoms with Crippen molar-refractivity contribution in [1.82, 2.24) is 15.1 Å². The van der Waals surface area contributed by atoms with E-state index in [1.165, 1.54) is 17.5 Å². The van der Waals surface area contributed by atoms with E-state index < -0.39 is 0 Å². The molecule has 2 amide bonds. The molecule has 1 aliphatic carbocycles. The van der Waals surface area contributed by atoms with E-state index in [1.807, 2.05) is 0 Å². The maximum atomic E-state index is 12.9. The van der Waals surface area contributed by atoms with Crippen molar-refractivity contribution in [3.8, 4) is 0 Å². The number of hydrogen-bond acceptors (Lipinski definition) is 3. The van der Waals surface area contributed by atoms with Crippen LogP contribution in [0, 0.1) is 24.7 Å². The molecule has 156 valence electrons. The highest BCUT2D eigenvalue weighted by Crippen LogP contribution is 2.42. The zero-order chi connectivity index (χ0) is 20.0. The smallest absolute Gasteiger partial charge is 0.223 e. The Balaban J connectivity index is 1.33. The van der Waals surface area contributed by atoms with Crippen LogP contribution in [0.5, 0.6) is 0 Å². The van der Waals surface area contributed by atoms with Gasteiger partial charge in [-0.1, -0.05) is 29.8 Å². The molecule has 5 rings (SSSR count). The Morgan fingerprint density at radius 2 is 2.00 bits per heavy atom. The first kappa shape index (κ1) is 19.1. The van der Waals surface area contributed by atoms with Gasteiger partial charge < -0.3 is 10.2 Å². The second-order valence-corrected chi connectivity index (χ2v) is 9.79. The zero-order valence-electron chi connectivity index (χ0n) is 17.5. The lowest BCUT2D eigenvalue weighted by atomic mass is 9.72. The van der Waals surface area contributed by atoms with E-state index in [0.717, 1.165) is 45.3 Å². The summed E-state index contributed by atoms with van der Waals surface area (Å²) in [5.74, 6) is 1.76. The van der Waals surface area contributed by atoms with Gasteiger partial charge in [-0.2, -0.15) is 0 Å². The Morgan fingerprint density at radius 1 is 1.17 bits per heavy atom. The first-order valence-electron chi connectivity index (χ1n) is 11.5. The first-order chi connectivity index (χ1) is 14.1. The van der Waals surface area contributed by atoms with E-state index >= 15 is 0 Å². The third kappa shape index (κ3) is 3.94. The normalized spacial score (nSPS) is 32.0. The van der Waals surface area contributed by atoms with E-state index in [1.54, 1.807) is 0 Å². The third-order valence-corrected chi connectivity index (χ3v) is 7.49. The molecule has 4 fully saturated rings. The maximum Gasteiger partial charge on any atom is 0.223 e. The van der Waals surface area contributed by atoms with Crippen molar-refractivity contribution in [3.63, 3.8) is 0 Å². The molecule has 0 aromatic heterocycles. The summed E-state index contributed by atoms with van der Waals surface area (Å²) in [5, 5.41) is 3.19. The standard InChI is InChI=1S/C24H33N3O2/c1-16-4-2-5-17(10-16)13-26-14-19-11-20(15-26)22(12-25-24(29)18-8-9-18)27-21(19)6-3-7-23(27)28/h2,4-5,10,18-22H,3,6-9,11-15H2,1H3,(H,25,29)/t19-,20+,21+,22+/m1/s1. The van der Waals surface area contributed by atoms with Crippen LogP contribution >= 0.6 is 0 Å². The largest absolute Gasteiger partial charge is 0.354 e. The van der Waals surface area contributed by atoms with Gasteiger partial charge in [0.15, 0.2) is 0 Å².